The molecule has 9 rings (SSSR count). The molecule has 5 heterocycles. The van der Waals surface area contributed by atoms with Gasteiger partial charge in [0.15, 0.2) is 0 Å². The zero-order valence-corrected chi connectivity index (χ0v) is 44.6. The molecule has 0 aliphatic carbocycles. The van der Waals surface area contributed by atoms with Crippen LogP contribution in [0.4, 0.5) is 22.7 Å². The Morgan fingerprint density at radius 1 is 0.386 bits per heavy atom. The molecule has 0 amide bonds. The predicted molar refractivity (Wildman–Crippen MR) is 283 cm³/mol. The summed E-state index contributed by atoms with van der Waals surface area (Å²) in [6.45, 7) is 29.0. The fraction of sp³-hybridized carbons (Fsp3) is 0.237. The number of fused-ring (bicyclic) bond motifs is 10. The number of aromatic nitrogens is 4. The zero-order valence-electron chi connectivity index (χ0n) is 42.0. The zero-order chi connectivity index (χ0) is 48.9. The number of hydrogen-bond donors (Lipinski definition) is 0. The van der Waals surface area contributed by atoms with Crippen molar-refractivity contribution < 1.29 is 34.7 Å². The van der Waals surface area contributed by atoms with Crippen molar-refractivity contribution in [3.63, 3.8) is 0 Å². The van der Waals surface area contributed by atoms with Crippen molar-refractivity contribution in [1.29, 1.82) is 0 Å². The van der Waals surface area contributed by atoms with E-state index < -0.39 is 10.8 Å². The quantitative estimate of drug-likeness (QED) is 0.141. The van der Waals surface area contributed by atoms with Crippen molar-refractivity contribution in [1.82, 2.24) is 19.9 Å². The van der Waals surface area contributed by atoms with Crippen LogP contribution in [0.2, 0.25) is 0 Å². The van der Waals surface area contributed by atoms with E-state index >= 15 is 0 Å². The van der Waals surface area contributed by atoms with Crippen molar-refractivity contribution in [2.24, 2.45) is 20.0 Å². The number of hydrogen-bond acceptors (Lipinski definition) is 4. The predicted octanol–water partition coefficient (Wildman–Crippen LogP) is 13.8. The van der Waals surface area contributed by atoms with Gasteiger partial charge in [-0.05, 0) is 85.0 Å². The molecule has 1 aliphatic rings. The molecule has 70 heavy (non-hydrogen) atoms. The molecule has 0 saturated carbocycles. The largest absolute Gasteiger partial charge is 2.00 e. The summed E-state index contributed by atoms with van der Waals surface area (Å²) in [5.74, 6) is 0. The van der Waals surface area contributed by atoms with Gasteiger partial charge in [0.25, 0.3) is 0 Å². The summed E-state index contributed by atoms with van der Waals surface area (Å²) in [5, 5.41) is 0. The van der Waals surface area contributed by atoms with Gasteiger partial charge >= 0.3 is 34.7 Å². The summed E-state index contributed by atoms with van der Waals surface area (Å²) in [4.78, 5) is 42.5. The average Bonchev–Trinajstić information content (AvgIpc) is 4.19. The molecular formula is C59H61Cr2N9. The second-order valence-electron chi connectivity index (χ2n) is 18.7. The first-order chi connectivity index (χ1) is 32.4. The monoisotopic (exact) mass is 999 g/mol. The molecule has 0 unspecified atom stereocenters. The second kappa shape index (κ2) is 25.2. The van der Waals surface area contributed by atoms with Crippen LogP contribution in [0.3, 0.4) is 0 Å². The van der Waals surface area contributed by atoms with Crippen molar-refractivity contribution in [3.05, 3.63) is 225 Å². The number of rotatable bonds is 0. The minimum absolute atomic E-state index is 0. The van der Waals surface area contributed by atoms with Gasteiger partial charge in [-0.15, -0.1) is 22.8 Å². The molecule has 11 heteroatoms. The van der Waals surface area contributed by atoms with Crippen LogP contribution in [0.25, 0.3) is 4.85 Å². The molecule has 0 radical (unpaired) electrons. The summed E-state index contributed by atoms with van der Waals surface area (Å²) < 4.78 is 0. The molecule has 0 spiro atoms. The molecule has 4 aromatic heterocycles. The third kappa shape index (κ3) is 15.4. The molecule has 0 saturated heterocycles. The topological polar surface area (TPSA) is 110 Å². The van der Waals surface area contributed by atoms with E-state index in [1.54, 1.807) is 24.9 Å². The van der Waals surface area contributed by atoms with Crippen LogP contribution in [0.15, 0.2) is 166 Å². The van der Waals surface area contributed by atoms with E-state index in [0.29, 0.717) is 0 Å². The minimum Gasteiger partial charge on any atom is -0.659 e. The Labute approximate surface area is 437 Å². The Morgan fingerprint density at radius 3 is 0.743 bits per heavy atom. The first kappa shape index (κ1) is 55.8. The molecule has 0 fully saturated rings. The minimum atomic E-state index is -0.430. The fourth-order valence-corrected chi connectivity index (χ4v) is 6.75. The first-order valence-corrected chi connectivity index (χ1v) is 22.8. The van der Waals surface area contributed by atoms with Gasteiger partial charge in [0, 0.05) is 45.6 Å². The second-order valence-corrected chi connectivity index (χ2v) is 18.7. The summed E-state index contributed by atoms with van der Waals surface area (Å²) >= 11 is 0. The van der Waals surface area contributed by atoms with Gasteiger partial charge in [-0.3, -0.25) is 20.0 Å². The van der Waals surface area contributed by atoms with E-state index in [9.17, 15) is 0 Å². The number of aliphatic imine (C=N–C) groups is 4. The Morgan fingerprint density at radius 2 is 0.571 bits per heavy atom. The van der Waals surface area contributed by atoms with Gasteiger partial charge in [0.1, 0.15) is 0 Å². The molecule has 8 bridgehead atoms. The number of benzene rings is 4. The molecule has 0 N–H and O–H groups in total. The van der Waals surface area contributed by atoms with Crippen molar-refractivity contribution >= 4 is 47.6 Å². The molecule has 8 aromatic rings. The molecule has 1 aliphatic heterocycles. The van der Waals surface area contributed by atoms with Crippen LogP contribution in [-0.4, -0.2) is 30.4 Å². The van der Waals surface area contributed by atoms with Gasteiger partial charge in [-0.2, -0.15) is 22.8 Å². The molecular weight excluding hydrogens is 939 g/mol. The smallest absolute Gasteiger partial charge is 0.659 e. The van der Waals surface area contributed by atoms with Gasteiger partial charge in [-0.1, -0.05) is 149 Å². The van der Waals surface area contributed by atoms with Crippen molar-refractivity contribution in [3.8, 4) is 0 Å². The standard InChI is InChI=1S/C42H40N8.2C6H6.C5H9N.2Cr/c1-25-17-33-34(18-26(25)2)44-22-30-10-14-38(48-30)42(7,8)40-16-12-32(50-40)24-46-36-20-28(4)27(3)19-35(36)45-23-31-11-15-39(49-31)41(5,6)37-13-9-29(47-37)21-43-33;2*1-2-4-6-5-3-1;1-5(2,3)6-4;;/h9-24H,1-8H3;2*1-6H;1-3H3;;/q-4;;;;2*+2. The van der Waals surface area contributed by atoms with E-state index in [1.165, 1.54) is 0 Å². The maximum atomic E-state index is 6.48. The van der Waals surface area contributed by atoms with E-state index in [-0.39, 0.29) is 40.3 Å². The van der Waals surface area contributed by atoms with Crippen LogP contribution in [0.1, 0.15) is 116 Å². The van der Waals surface area contributed by atoms with Crippen molar-refractivity contribution in [2.45, 2.75) is 92.5 Å². The van der Waals surface area contributed by atoms with E-state index in [0.717, 1.165) is 90.6 Å². The molecule has 354 valence electrons. The van der Waals surface area contributed by atoms with Gasteiger partial charge < -0.3 is 24.8 Å². The van der Waals surface area contributed by atoms with Crippen LogP contribution in [0, 0.1) is 34.3 Å². The summed E-state index contributed by atoms with van der Waals surface area (Å²) in [5.41, 5.74) is 13.4. The van der Waals surface area contributed by atoms with Crippen molar-refractivity contribution in [2.75, 3.05) is 0 Å². The SMILES string of the molecule is Cc1cc2c(cc1C)N=Cc1ccc([n-]1)C(C)(C)c1ccc([n-]1)C=Nc1cc(C)c(C)cc1N=Cc1ccc([n-]1)C(C)(C)c1ccc([n-]1)C=N2.[C-]#[N+]C(C)(C)C.[Cr+2].[Cr+2].c1ccccc1.c1ccccc1. The summed E-state index contributed by atoms with van der Waals surface area (Å²) in [6.07, 6.45) is 7.20. The van der Waals surface area contributed by atoms with Gasteiger partial charge in [0.2, 0.25) is 5.54 Å². The van der Waals surface area contributed by atoms with Gasteiger partial charge in [-0.25, -0.2) is 6.57 Å². The Kier molecular flexibility index (Phi) is 20.1. The van der Waals surface area contributed by atoms with E-state index in [4.69, 9.17) is 46.5 Å². The summed E-state index contributed by atoms with van der Waals surface area (Å²) in [6, 6.07) is 48.4. The molecule has 9 nitrogen and oxygen atoms in total. The van der Waals surface area contributed by atoms with Crippen LogP contribution in [-0.2, 0) is 45.6 Å². The van der Waals surface area contributed by atoms with Crippen LogP contribution in [0.5, 0.6) is 0 Å². The van der Waals surface area contributed by atoms with E-state index in [1.807, 2.05) is 142 Å². The normalized spacial score (nSPS) is 13.1. The van der Waals surface area contributed by atoms with Crippen LogP contribution >= 0.6 is 0 Å². The number of aryl methyl sites for hydroxylation is 4. The fourth-order valence-electron chi connectivity index (χ4n) is 6.75. The van der Waals surface area contributed by atoms with Gasteiger partial charge in [0.05, 0.1) is 22.7 Å². The Hall–Kier alpha value is -6.77. The maximum absolute atomic E-state index is 6.48. The maximum Gasteiger partial charge on any atom is 2.00 e. The molecule has 0 atom stereocenters. The molecule has 4 aromatic carbocycles. The van der Waals surface area contributed by atoms with E-state index in [2.05, 4.69) is 84.5 Å². The van der Waals surface area contributed by atoms with Crippen LogP contribution < -0.4 is 19.9 Å². The Bertz CT molecular complexity index is 2650. The number of nitrogens with zero attached hydrogens (tertiary/aromatic N) is 9. The summed E-state index contributed by atoms with van der Waals surface area (Å²) in [7, 11) is 0. The first-order valence-electron chi connectivity index (χ1n) is 22.8. The Balaban J connectivity index is 0.000000448. The third-order valence-electron chi connectivity index (χ3n) is 11.4. The third-order valence-corrected chi connectivity index (χ3v) is 11.4. The average molecular weight is 1000 g/mol.